The van der Waals surface area contributed by atoms with Crippen molar-refractivity contribution in [3.8, 4) is 0 Å². The summed E-state index contributed by atoms with van der Waals surface area (Å²) in [4.78, 5) is 10.4. The van der Waals surface area contributed by atoms with Gasteiger partial charge in [-0.2, -0.15) is 0 Å². The van der Waals surface area contributed by atoms with Crippen molar-refractivity contribution in [3.63, 3.8) is 0 Å². The van der Waals surface area contributed by atoms with Gasteiger partial charge in [-0.1, -0.05) is 0 Å². The highest BCUT2D eigenvalue weighted by molar-refractivity contribution is 14.1. The second-order valence-corrected chi connectivity index (χ2v) is 5.65. The number of benzene rings is 1. The predicted octanol–water partition coefficient (Wildman–Crippen LogP) is 3.70. The number of halogens is 1. The molecule has 0 bridgehead atoms. The van der Waals surface area contributed by atoms with Crippen LogP contribution >= 0.6 is 46.6 Å². The number of non-ortho nitro benzene ring substituents is 1. The first kappa shape index (κ1) is 10.2. The molecule has 0 spiro atoms. The lowest BCUT2D eigenvalue weighted by molar-refractivity contribution is -0.383. The molecule has 72 valence electrons. The van der Waals surface area contributed by atoms with Crippen LogP contribution in [0.2, 0.25) is 0 Å². The number of rotatable bonds is 1. The summed E-state index contributed by atoms with van der Waals surface area (Å²) >= 11 is 7.83. The van der Waals surface area contributed by atoms with Crippen molar-refractivity contribution in [2.24, 2.45) is 0 Å². The van der Waals surface area contributed by atoms with Crippen molar-refractivity contribution < 1.29 is 4.92 Å². The van der Waals surface area contributed by atoms with Gasteiger partial charge in [0.2, 0.25) is 0 Å². The van der Waals surface area contributed by atoms with Crippen LogP contribution in [-0.4, -0.2) is 4.92 Å². The van der Waals surface area contributed by atoms with E-state index in [1.165, 1.54) is 17.4 Å². The highest BCUT2D eigenvalue weighted by atomic mass is 127. The monoisotopic (exact) mass is 337 g/mol. The van der Waals surface area contributed by atoms with E-state index in [-0.39, 0.29) is 10.6 Å². The molecule has 0 radical (unpaired) electrons. The molecule has 14 heavy (non-hydrogen) atoms. The molecule has 0 atom stereocenters. The Balaban J connectivity index is 2.87. The Bertz CT molecular complexity index is 523. The van der Waals surface area contributed by atoms with Gasteiger partial charge < -0.3 is 0 Å². The Morgan fingerprint density at radius 2 is 2.21 bits per heavy atom. The third-order valence-corrected chi connectivity index (χ3v) is 4.44. The highest BCUT2D eigenvalue weighted by Gasteiger charge is 2.15. The maximum Gasteiger partial charge on any atom is 0.278 e. The quantitative estimate of drug-likeness (QED) is 0.373. The fourth-order valence-electron chi connectivity index (χ4n) is 1.22. The number of fused-ring (bicyclic) bond motifs is 1. The number of nitro groups is 1. The standard InChI is InChI=1S/C8H4INO2S2/c9-5-1-2-6(10(11)12)4-3-7(13)14-8(4)5/h1-3,13H. The second-order valence-electron chi connectivity index (χ2n) is 2.65. The molecular weight excluding hydrogens is 333 g/mol. The first-order chi connectivity index (χ1) is 6.59. The van der Waals surface area contributed by atoms with E-state index in [0.717, 1.165) is 12.5 Å². The van der Waals surface area contributed by atoms with Crippen LogP contribution in [0.1, 0.15) is 0 Å². The van der Waals surface area contributed by atoms with E-state index < -0.39 is 0 Å². The number of nitrogens with zero attached hydrogens (tertiary/aromatic N) is 1. The molecule has 0 amide bonds. The number of nitro benzene ring substituents is 1. The topological polar surface area (TPSA) is 43.1 Å². The van der Waals surface area contributed by atoms with Crippen LogP contribution in [0.3, 0.4) is 0 Å². The van der Waals surface area contributed by atoms with Gasteiger partial charge in [0.05, 0.1) is 19.2 Å². The van der Waals surface area contributed by atoms with Gasteiger partial charge >= 0.3 is 0 Å². The molecule has 2 aromatic rings. The van der Waals surface area contributed by atoms with Crippen molar-refractivity contribution in [1.29, 1.82) is 0 Å². The molecule has 0 aliphatic carbocycles. The van der Waals surface area contributed by atoms with Gasteiger partial charge in [0.1, 0.15) is 0 Å². The molecule has 0 saturated heterocycles. The Kier molecular flexibility index (Phi) is 2.67. The van der Waals surface area contributed by atoms with E-state index in [2.05, 4.69) is 35.2 Å². The summed E-state index contributed by atoms with van der Waals surface area (Å²) < 4.78 is 2.76. The number of thiol groups is 1. The average molecular weight is 337 g/mol. The third kappa shape index (κ3) is 1.61. The van der Waals surface area contributed by atoms with Gasteiger partial charge in [0, 0.05) is 9.64 Å². The lowest BCUT2D eigenvalue weighted by atomic mass is 10.2. The first-order valence-corrected chi connectivity index (χ1v) is 5.99. The SMILES string of the molecule is O=[N+]([O-])c1ccc(I)c2sc(S)cc12. The zero-order chi connectivity index (χ0) is 10.3. The molecular formula is C8H4INO2S2. The van der Waals surface area contributed by atoms with Crippen LogP contribution in [0, 0.1) is 13.7 Å². The molecule has 0 unspecified atom stereocenters. The third-order valence-electron chi connectivity index (χ3n) is 1.80. The average Bonchev–Trinajstić information content (AvgIpc) is 2.47. The summed E-state index contributed by atoms with van der Waals surface area (Å²) in [5, 5.41) is 11.4. The van der Waals surface area contributed by atoms with Gasteiger partial charge in [0.15, 0.2) is 0 Å². The Hall–Kier alpha value is -0.340. The number of thiophene rings is 1. The molecule has 1 aromatic carbocycles. The summed E-state index contributed by atoms with van der Waals surface area (Å²) in [7, 11) is 0. The van der Waals surface area contributed by atoms with Crippen molar-refractivity contribution in [1.82, 2.24) is 0 Å². The predicted molar refractivity (Wildman–Crippen MR) is 68.4 cm³/mol. The highest BCUT2D eigenvalue weighted by Crippen LogP contribution is 2.37. The minimum atomic E-state index is -0.363. The van der Waals surface area contributed by atoms with Crippen LogP contribution in [0.25, 0.3) is 10.1 Å². The molecule has 3 nitrogen and oxygen atoms in total. The van der Waals surface area contributed by atoms with E-state index in [1.54, 1.807) is 12.1 Å². The molecule has 0 N–H and O–H groups in total. The van der Waals surface area contributed by atoms with Crippen molar-refractivity contribution in [2.75, 3.05) is 0 Å². The fourth-order valence-corrected chi connectivity index (χ4v) is 3.25. The molecule has 0 fully saturated rings. The summed E-state index contributed by atoms with van der Waals surface area (Å²) in [6.07, 6.45) is 0. The van der Waals surface area contributed by atoms with Crippen molar-refractivity contribution in [2.45, 2.75) is 4.21 Å². The molecule has 1 heterocycles. The van der Waals surface area contributed by atoms with Gasteiger partial charge in [-0.3, -0.25) is 10.1 Å². The van der Waals surface area contributed by atoms with E-state index in [0.29, 0.717) is 5.39 Å². The zero-order valence-corrected chi connectivity index (χ0v) is 10.6. The largest absolute Gasteiger partial charge is 0.278 e. The van der Waals surface area contributed by atoms with Gasteiger partial charge in [-0.05, 0) is 34.7 Å². The normalized spacial score (nSPS) is 10.7. The minimum absolute atomic E-state index is 0.150. The smallest absolute Gasteiger partial charge is 0.258 e. The molecule has 0 aliphatic heterocycles. The Morgan fingerprint density at radius 1 is 1.50 bits per heavy atom. The van der Waals surface area contributed by atoms with E-state index in [1.807, 2.05) is 0 Å². The summed E-state index contributed by atoms with van der Waals surface area (Å²) in [5.74, 6) is 0. The minimum Gasteiger partial charge on any atom is -0.258 e. The molecule has 2 rings (SSSR count). The molecule has 0 aliphatic rings. The van der Waals surface area contributed by atoms with Crippen molar-refractivity contribution >= 4 is 62.3 Å². The van der Waals surface area contributed by atoms with Gasteiger partial charge in [-0.25, -0.2) is 0 Å². The Morgan fingerprint density at radius 3 is 2.86 bits per heavy atom. The van der Waals surface area contributed by atoms with Crippen LogP contribution in [0.5, 0.6) is 0 Å². The fraction of sp³-hybridized carbons (Fsp3) is 0. The van der Waals surface area contributed by atoms with Crippen LogP contribution in [-0.2, 0) is 0 Å². The van der Waals surface area contributed by atoms with E-state index in [9.17, 15) is 10.1 Å². The van der Waals surface area contributed by atoms with Gasteiger partial charge in [0.25, 0.3) is 5.69 Å². The van der Waals surface area contributed by atoms with E-state index >= 15 is 0 Å². The van der Waals surface area contributed by atoms with Crippen molar-refractivity contribution in [3.05, 3.63) is 31.9 Å². The zero-order valence-electron chi connectivity index (χ0n) is 6.73. The molecule has 6 heteroatoms. The lowest BCUT2D eigenvalue weighted by Crippen LogP contribution is -1.88. The second kappa shape index (κ2) is 3.67. The number of hydrogen-bond acceptors (Lipinski definition) is 4. The first-order valence-electron chi connectivity index (χ1n) is 3.65. The van der Waals surface area contributed by atoms with Gasteiger partial charge in [-0.15, -0.1) is 24.0 Å². The molecule has 0 saturated carbocycles. The maximum absolute atomic E-state index is 10.7. The summed E-state index contributed by atoms with van der Waals surface area (Å²) in [6, 6.07) is 5.03. The lowest BCUT2D eigenvalue weighted by Gasteiger charge is -1.95. The summed E-state index contributed by atoms with van der Waals surface area (Å²) in [6.45, 7) is 0. The molecule has 1 aromatic heterocycles. The number of hydrogen-bond donors (Lipinski definition) is 1. The van der Waals surface area contributed by atoms with Crippen LogP contribution in [0.4, 0.5) is 5.69 Å². The maximum atomic E-state index is 10.7. The van der Waals surface area contributed by atoms with Crippen LogP contribution in [0.15, 0.2) is 22.4 Å². The Labute approximate surface area is 103 Å². The summed E-state index contributed by atoms with van der Waals surface area (Å²) in [5.41, 5.74) is 0.150. The van der Waals surface area contributed by atoms with Crippen LogP contribution < -0.4 is 0 Å². The van der Waals surface area contributed by atoms with E-state index in [4.69, 9.17) is 0 Å².